The summed E-state index contributed by atoms with van der Waals surface area (Å²) in [6, 6.07) is 6.03. The largest absolute Gasteiger partial charge is 0.303 e. The molecule has 0 unspecified atom stereocenters. The summed E-state index contributed by atoms with van der Waals surface area (Å²) in [5, 5.41) is 0. The second kappa shape index (κ2) is 6.14. The smallest absolute Gasteiger partial charge is 0.215 e. The van der Waals surface area contributed by atoms with Crippen LogP contribution >= 0.6 is 15.9 Å². The van der Waals surface area contributed by atoms with E-state index in [9.17, 15) is 4.79 Å². The summed E-state index contributed by atoms with van der Waals surface area (Å²) in [6.45, 7) is 2.82. The zero-order chi connectivity index (χ0) is 13.0. The first-order chi connectivity index (χ1) is 8.70. The van der Waals surface area contributed by atoms with E-state index in [-0.39, 0.29) is 0 Å². The van der Waals surface area contributed by atoms with Crippen LogP contribution in [0.15, 0.2) is 27.7 Å². The number of aliphatic imine (C=N–C) groups is 1. The highest BCUT2D eigenvalue weighted by molar-refractivity contribution is 9.10. The standard InChI is InChI=1S/C14H17BrN2O/c1-11-6-7-12(15)9-13(11)16-14-5-3-2-4-8-17(14)10-18/h6-7,9-10H,2-5,8H2,1H3. The Balaban J connectivity index is 2.34. The van der Waals surface area contributed by atoms with Crippen LogP contribution in [0.4, 0.5) is 5.69 Å². The van der Waals surface area contributed by atoms with Crippen molar-refractivity contribution >= 4 is 33.9 Å². The van der Waals surface area contributed by atoms with Crippen LogP contribution in [0.5, 0.6) is 0 Å². The quantitative estimate of drug-likeness (QED) is 0.764. The number of benzene rings is 1. The van der Waals surface area contributed by atoms with Gasteiger partial charge in [0.15, 0.2) is 0 Å². The molecule has 0 bridgehead atoms. The molecule has 0 atom stereocenters. The molecular formula is C14H17BrN2O. The first kappa shape index (κ1) is 13.3. The van der Waals surface area contributed by atoms with Crippen molar-refractivity contribution in [2.24, 2.45) is 4.99 Å². The van der Waals surface area contributed by atoms with Gasteiger partial charge in [-0.15, -0.1) is 0 Å². The number of amidine groups is 1. The molecule has 1 saturated heterocycles. The predicted octanol–water partition coefficient (Wildman–Crippen LogP) is 3.82. The molecular weight excluding hydrogens is 292 g/mol. The third-order valence-corrected chi connectivity index (χ3v) is 3.67. The van der Waals surface area contributed by atoms with Gasteiger partial charge in [-0.25, -0.2) is 4.99 Å². The summed E-state index contributed by atoms with van der Waals surface area (Å²) in [4.78, 5) is 17.5. The van der Waals surface area contributed by atoms with E-state index in [0.29, 0.717) is 0 Å². The van der Waals surface area contributed by atoms with Gasteiger partial charge in [0.2, 0.25) is 6.41 Å². The number of amides is 1. The topological polar surface area (TPSA) is 32.7 Å². The zero-order valence-corrected chi connectivity index (χ0v) is 12.1. The molecule has 1 aromatic carbocycles. The summed E-state index contributed by atoms with van der Waals surface area (Å²) in [5.74, 6) is 0.892. The Morgan fingerprint density at radius 1 is 1.33 bits per heavy atom. The summed E-state index contributed by atoms with van der Waals surface area (Å²) in [6.07, 6.45) is 5.12. The van der Waals surface area contributed by atoms with E-state index in [1.807, 2.05) is 25.1 Å². The first-order valence-corrected chi connectivity index (χ1v) is 7.05. The van der Waals surface area contributed by atoms with Gasteiger partial charge >= 0.3 is 0 Å². The van der Waals surface area contributed by atoms with Gasteiger partial charge in [0.25, 0.3) is 0 Å². The number of hydrogen-bond donors (Lipinski definition) is 0. The van der Waals surface area contributed by atoms with Gasteiger partial charge in [-0.1, -0.05) is 28.4 Å². The molecule has 0 saturated carbocycles. The predicted molar refractivity (Wildman–Crippen MR) is 77.2 cm³/mol. The van der Waals surface area contributed by atoms with Crippen LogP contribution < -0.4 is 0 Å². The second-order valence-electron chi connectivity index (χ2n) is 4.57. The van der Waals surface area contributed by atoms with Crippen molar-refractivity contribution in [3.63, 3.8) is 0 Å². The summed E-state index contributed by atoms with van der Waals surface area (Å²) < 4.78 is 1.01. The summed E-state index contributed by atoms with van der Waals surface area (Å²) in [5.41, 5.74) is 2.06. The number of carbonyl (C=O) groups excluding carboxylic acids is 1. The van der Waals surface area contributed by atoms with E-state index in [1.165, 1.54) is 6.42 Å². The average molecular weight is 309 g/mol. The normalized spacial score (nSPS) is 18.8. The number of aryl methyl sites for hydroxylation is 1. The molecule has 1 aliphatic rings. The van der Waals surface area contributed by atoms with Crippen LogP contribution in [-0.4, -0.2) is 23.7 Å². The number of carbonyl (C=O) groups is 1. The first-order valence-electron chi connectivity index (χ1n) is 6.26. The lowest BCUT2D eigenvalue weighted by atomic mass is 10.2. The SMILES string of the molecule is Cc1ccc(Br)cc1N=C1CCCCCN1C=O. The third kappa shape index (κ3) is 3.19. The average Bonchev–Trinajstić information content (AvgIpc) is 2.59. The van der Waals surface area contributed by atoms with Crippen LogP contribution in [0.1, 0.15) is 31.2 Å². The van der Waals surface area contributed by atoms with Gasteiger partial charge in [-0.05, 0) is 37.5 Å². The lowest BCUT2D eigenvalue weighted by Crippen LogP contribution is -2.28. The maximum atomic E-state index is 11.1. The van der Waals surface area contributed by atoms with E-state index < -0.39 is 0 Å². The molecule has 1 aliphatic heterocycles. The molecule has 0 aliphatic carbocycles. The Hall–Kier alpha value is -1.16. The Kier molecular flexibility index (Phi) is 4.53. The van der Waals surface area contributed by atoms with Gasteiger partial charge in [-0.3, -0.25) is 4.79 Å². The van der Waals surface area contributed by atoms with Crippen molar-refractivity contribution in [2.45, 2.75) is 32.6 Å². The fourth-order valence-electron chi connectivity index (χ4n) is 2.09. The second-order valence-corrected chi connectivity index (χ2v) is 5.48. The molecule has 96 valence electrons. The van der Waals surface area contributed by atoms with Gasteiger partial charge < -0.3 is 4.90 Å². The maximum absolute atomic E-state index is 11.1. The molecule has 2 rings (SSSR count). The number of halogens is 1. The molecule has 3 nitrogen and oxygen atoms in total. The van der Waals surface area contributed by atoms with Gasteiger partial charge in [0.1, 0.15) is 5.84 Å². The molecule has 0 aromatic heterocycles. The van der Waals surface area contributed by atoms with Crippen LogP contribution in [0.2, 0.25) is 0 Å². The number of likely N-dealkylation sites (tertiary alicyclic amines) is 1. The van der Waals surface area contributed by atoms with E-state index in [2.05, 4.69) is 20.9 Å². The highest BCUT2D eigenvalue weighted by Crippen LogP contribution is 2.25. The molecule has 1 heterocycles. The lowest BCUT2D eigenvalue weighted by molar-refractivity contribution is -0.114. The van der Waals surface area contributed by atoms with Crippen molar-refractivity contribution in [3.05, 3.63) is 28.2 Å². The van der Waals surface area contributed by atoms with E-state index in [4.69, 9.17) is 0 Å². The minimum Gasteiger partial charge on any atom is -0.303 e. The Morgan fingerprint density at radius 3 is 2.94 bits per heavy atom. The highest BCUT2D eigenvalue weighted by atomic mass is 79.9. The van der Waals surface area contributed by atoms with Crippen LogP contribution in [-0.2, 0) is 4.79 Å². The highest BCUT2D eigenvalue weighted by Gasteiger charge is 2.14. The van der Waals surface area contributed by atoms with Crippen molar-refractivity contribution in [1.29, 1.82) is 0 Å². The lowest BCUT2D eigenvalue weighted by Gasteiger charge is -2.16. The van der Waals surface area contributed by atoms with Crippen LogP contribution in [0.3, 0.4) is 0 Å². The van der Waals surface area contributed by atoms with Gasteiger partial charge in [0, 0.05) is 17.4 Å². The van der Waals surface area contributed by atoms with Crippen molar-refractivity contribution in [2.75, 3.05) is 6.54 Å². The van der Waals surface area contributed by atoms with E-state index >= 15 is 0 Å². The fourth-order valence-corrected chi connectivity index (χ4v) is 2.44. The number of hydrogen-bond acceptors (Lipinski definition) is 2. The number of rotatable bonds is 2. The monoisotopic (exact) mass is 308 g/mol. The molecule has 18 heavy (non-hydrogen) atoms. The molecule has 0 spiro atoms. The minimum absolute atomic E-state index is 0.787. The Morgan fingerprint density at radius 2 is 2.17 bits per heavy atom. The van der Waals surface area contributed by atoms with Gasteiger partial charge in [-0.2, -0.15) is 0 Å². The molecule has 0 radical (unpaired) electrons. The minimum atomic E-state index is 0.787. The molecule has 1 fully saturated rings. The van der Waals surface area contributed by atoms with Crippen molar-refractivity contribution in [3.8, 4) is 0 Å². The van der Waals surface area contributed by atoms with Crippen molar-refractivity contribution < 1.29 is 4.79 Å². The van der Waals surface area contributed by atoms with Gasteiger partial charge in [0.05, 0.1) is 5.69 Å². The Bertz CT molecular complexity index is 471. The van der Waals surface area contributed by atoms with Crippen LogP contribution in [0, 0.1) is 6.92 Å². The maximum Gasteiger partial charge on any atom is 0.215 e. The zero-order valence-electron chi connectivity index (χ0n) is 10.5. The molecule has 1 amide bonds. The molecule has 0 N–H and O–H groups in total. The third-order valence-electron chi connectivity index (χ3n) is 3.18. The Labute approximate surface area is 116 Å². The van der Waals surface area contributed by atoms with E-state index in [0.717, 1.165) is 53.8 Å². The number of nitrogens with zero attached hydrogens (tertiary/aromatic N) is 2. The van der Waals surface area contributed by atoms with E-state index in [1.54, 1.807) is 4.90 Å². The summed E-state index contributed by atoms with van der Waals surface area (Å²) in [7, 11) is 0. The summed E-state index contributed by atoms with van der Waals surface area (Å²) >= 11 is 3.46. The molecule has 1 aromatic rings. The van der Waals surface area contributed by atoms with Crippen LogP contribution in [0.25, 0.3) is 0 Å². The molecule has 4 heteroatoms. The van der Waals surface area contributed by atoms with Crippen molar-refractivity contribution in [1.82, 2.24) is 4.90 Å². The fraction of sp³-hybridized carbons (Fsp3) is 0.429.